The van der Waals surface area contributed by atoms with Gasteiger partial charge in [-0.05, 0) is 31.9 Å². The van der Waals surface area contributed by atoms with E-state index in [1.165, 1.54) is 12.1 Å². The molecule has 0 radical (unpaired) electrons. The summed E-state index contributed by atoms with van der Waals surface area (Å²) in [5, 5.41) is 9.04. The SMILES string of the molecule is CC(C)(N)C(CCO)c1cccc(C(F)F)c1. The van der Waals surface area contributed by atoms with E-state index in [1.807, 2.05) is 13.8 Å². The quantitative estimate of drug-likeness (QED) is 0.835. The molecule has 1 aromatic carbocycles. The molecule has 0 aromatic heterocycles. The van der Waals surface area contributed by atoms with Gasteiger partial charge in [0.1, 0.15) is 0 Å². The Morgan fingerprint density at radius 2 is 1.88 bits per heavy atom. The summed E-state index contributed by atoms with van der Waals surface area (Å²) in [6.45, 7) is 3.66. The van der Waals surface area contributed by atoms with Crippen molar-refractivity contribution < 1.29 is 13.9 Å². The molecule has 4 heteroatoms. The van der Waals surface area contributed by atoms with Gasteiger partial charge in [-0.1, -0.05) is 18.2 Å². The lowest BCUT2D eigenvalue weighted by atomic mass is 9.80. The van der Waals surface area contributed by atoms with E-state index >= 15 is 0 Å². The van der Waals surface area contributed by atoms with Gasteiger partial charge in [-0.15, -0.1) is 0 Å². The highest BCUT2D eigenvalue weighted by atomic mass is 19.3. The molecule has 1 atom stereocenters. The highest BCUT2D eigenvalue weighted by Crippen LogP contribution is 2.31. The van der Waals surface area contributed by atoms with Crippen molar-refractivity contribution in [1.29, 1.82) is 0 Å². The number of hydrogen-bond acceptors (Lipinski definition) is 2. The summed E-state index contributed by atoms with van der Waals surface area (Å²) < 4.78 is 25.2. The van der Waals surface area contributed by atoms with Crippen LogP contribution in [-0.4, -0.2) is 17.3 Å². The number of halogens is 2. The van der Waals surface area contributed by atoms with Crippen molar-refractivity contribution in [3.05, 3.63) is 35.4 Å². The molecule has 3 N–H and O–H groups in total. The fourth-order valence-corrected chi connectivity index (χ4v) is 2.01. The highest BCUT2D eigenvalue weighted by Gasteiger charge is 2.26. The molecule has 17 heavy (non-hydrogen) atoms. The average molecular weight is 243 g/mol. The number of aliphatic hydroxyl groups is 1. The monoisotopic (exact) mass is 243 g/mol. The minimum atomic E-state index is -2.48. The molecule has 0 bridgehead atoms. The molecule has 1 aromatic rings. The number of alkyl halides is 2. The van der Waals surface area contributed by atoms with Gasteiger partial charge in [0.2, 0.25) is 0 Å². The van der Waals surface area contributed by atoms with Crippen LogP contribution in [0.2, 0.25) is 0 Å². The minimum Gasteiger partial charge on any atom is -0.396 e. The van der Waals surface area contributed by atoms with Crippen molar-refractivity contribution in [2.24, 2.45) is 5.73 Å². The summed E-state index contributed by atoms with van der Waals surface area (Å²) >= 11 is 0. The Labute approximate surface area is 100 Å². The molecule has 0 amide bonds. The summed E-state index contributed by atoms with van der Waals surface area (Å²) in [5.74, 6) is -0.133. The van der Waals surface area contributed by atoms with E-state index in [0.29, 0.717) is 6.42 Å². The Balaban J connectivity index is 3.06. The molecule has 0 aliphatic heterocycles. The molecule has 1 unspecified atom stereocenters. The predicted octanol–water partition coefficient (Wildman–Crippen LogP) is 2.83. The maximum Gasteiger partial charge on any atom is 0.263 e. The second-order valence-electron chi connectivity index (χ2n) is 4.86. The van der Waals surface area contributed by atoms with Crippen molar-refractivity contribution in [3.63, 3.8) is 0 Å². The lowest BCUT2D eigenvalue weighted by Gasteiger charge is -2.31. The van der Waals surface area contributed by atoms with Crippen LogP contribution in [0.4, 0.5) is 8.78 Å². The lowest BCUT2D eigenvalue weighted by molar-refractivity contribution is 0.151. The molecule has 0 aliphatic carbocycles. The van der Waals surface area contributed by atoms with Crippen LogP contribution in [0, 0.1) is 0 Å². The van der Waals surface area contributed by atoms with Crippen LogP contribution in [-0.2, 0) is 0 Å². The van der Waals surface area contributed by atoms with Gasteiger partial charge < -0.3 is 10.8 Å². The normalized spacial score (nSPS) is 14.1. The second kappa shape index (κ2) is 5.56. The van der Waals surface area contributed by atoms with Crippen LogP contribution < -0.4 is 5.73 Å². The van der Waals surface area contributed by atoms with Gasteiger partial charge in [0, 0.05) is 23.6 Å². The van der Waals surface area contributed by atoms with Gasteiger partial charge >= 0.3 is 0 Å². The topological polar surface area (TPSA) is 46.2 Å². The first-order chi connectivity index (χ1) is 7.86. The van der Waals surface area contributed by atoms with E-state index in [0.717, 1.165) is 5.56 Å². The van der Waals surface area contributed by atoms with Gasteiger partial charge in [-0.25, -0.2) is 8.78 Å². The standard InChI is InChI=1S/C13H19F2NO/c1-13(2,16)11(6-7-17)9-4-3-5-10(8-9)12(14)15/h3-5,8,11-12,17H,6-7,16H2,1-2H3. The zero-order valence-corrected chi connectivity index (χ0v) is 10.2. The number of benzene rings is 1. The summed E-state index contributed by atoms with van der Waals surface area (Å²) in [7, 11) is 0. The Morgan fingerprint density at radius 1 is 1.29 bits per heavy atom. The van der Waals surface area contributed by atoms with E-state index in [1.54, 1.807) is 12.1 Å². The third kappa shape index (κ3) is 3.75. The molecule has 0 aliphatic rings. The number of nitrogens with two attached hydrogens (primary N) is 1. The van der Waals surface area contributed by atoms with Crippen molar-refractivity contribution in [2.75, 3.05) is 6.61 Å². The van der Waals surface area contributed by atoms with Gasteiger partial charge in [-0.3, -0.25) is 0 Å². The van der Waals surface area contributed by atoms with Crippen LogP contribution >= 0.6 is 0 Å². The van der Waals surface area contributed by atoms with Crippen LogP contribution in [0.25, 0.3) is 0 Å². The van der Waals surface area contributed by atoms with E-state index < -0.39 is 12.0 Å². The Hall–Kier alpha value is -1.00. The first-order valence-electron chi connectivity index (χ1n) is 5.64. The second-order valence-corrected chi connectivity index (χ2v) is 4.86. The van der Waals surface area contributed by atoms with E-state index in [4.69, 9.17) is 10.8 Å². The largest absolute Gasteiger partial charge is 0.396 e. The Kier molecular flexibility index (Phi) is 4.60. The fourth-order valence-electron chi connectivity index (χ4n) is 2.01. The van der Waals surface area contributed by atoms with Gasteiger partial charge in [-0.2, -0.15) is 0 Å². The van der Waals surface area contributed by atoms with Gasteiger partial charge in [0.15, 0.2) is 0 Å². The van der Waals surface area contributed by atoms with E-state index in [-0.39, 0.29) is 18.1 Å². The molecule has 0 spiro atoms. The molecule has 0 saturated carbocycles. The molecule has 0 saturated heterocycles. The third-order valence-corrected chi connectivity index (χ3v) is 2.88. The van der Waals surface area contributed by atoms with Crippen molar-refractivity contribution in [2.45, 2.75) is 38.2 Å². The Bertz CT molecular complexity index is 361. The number of rotatable bonds is 5. The smallest absolute Gasteiger partial charge is 0.263 e. The summed E-state index contributed by atoms with van der Waals surface area (Å²) in [6, 6.07) is 6.25. The maximum atomic E-state index is 12.6. The Morgan fingerprint density at radius 3 is 2.35 bits per heavy atom. The molecule has 96 valence electrons. The molecular weight excluding hydrogens is 224 g/mol. The molecule has 2 nitrogen and oxygen atoms in total. The zero-order chi connectivity index (χ0) is 13.1. The average Bonchev–Trinajstić information content (AvgIpc) is 2.24. The van der Waals surface area contributed by atoms with E-state index in [2.05, 4.69) is 0 Å². The first-order valence-corrected chi connectivity index (χ1v) is 5.64. The van der Waals surface area contributed by atoms with Crippen LogP contribution in [0.3, 0.4) is 0 Å². The number of aliphatic hydroxyl groups excluding tert-OH is 1. The van der Waals surface area contributed by atoms with Crippen LogP contribution in [0.15, 0.2) is 24.3 Å². The molecule has 0 fully saturated rings. The van der Waals surface area contributed by atoms with Crippen molar-refractivity contribution in [3.8, 4) is 0 Å². The predicted molar refractivity (Wildman–Crippen MR) is 64.1 cm³/mol. The van der Waals surface area contributed by atoms with Gasteiger partial charge in [0.25, 0.3) is 6.43 Å². The third-order valence-electron chi connectivity index (χ3n) is 2.88. The number of hydrogen-bond donors (Lipinski definition) is 2. The molecule has 1 rings (SSSR count). The van der Waals surface area contributed by atoms with Crippen LogP contribution in [0.1, 0.15) is 43.7 Å². The van der Waals surface area contributed by atoms with Crippen molar-refractivity contribution in [1.82, 2.24) is 0 Å². The highest BCUT2D eigenvalue weighted by molar-refractivity contribution is 5.29. The fraction of sp³-hybridized carbons (Fsp3) is 0.538. The summed E-state index contributed by atoms with van der Waals surface area (Å²) in [5.41, 5.74) is 6.22. The molecular formula is C13H19F2NO. The first kappa shape index (κ1) is 14.1. The lowest BCUT2D eigenvalue weighted by Crippen LogP contribution is -2.39. The van der Waals surface area contributed by atoms with Gasteiger partial charge in [0.05, 0.1) is 0 Å². The zero-order valence-electron chi connectivity index (χ0n) is 10.2. The van der Waals surface area contributed by atoms with Crippen molar-refractivity contribution >= 4 is 0 Å². The molecule has 0 heterocycles. The van der Waals surface area contributed by atoms with Crippen LogP contribution in [0.5, 0.6) is 0 Å². The van der Waals surface area contributed by atoms with E-state index in [9.17, 15) is 8.78 Å². The minimum absolute atomic E-state index is 0.00492. The summed E-state index contributed by atoms with van der Waals surface area (Å²) in [6.07, 6.45) is -2.01. The maximum absolute atomic E-state index is 12.6. The summed E-state index contributed by atoms with van der Waals surface area (Å²) in [4.78, 5) is 0.